The van der Waals surface area contributed by atoms with Gasteiger partial charge in [-0.25, -0.2) is 0 Å². The van der Waals surface area contributed by atoms with Gasteiger partial charge in [0, 0.05) is 27.1 Å². The number of rotatable bonds is 5. The number of nitrogens with zero attached hydrogens (tertiary/aromatic N) is 1. The summed E-state index contributed by atoms with van der Waals surface area (Å²) >= 11 is 19.1. The van der Waals surface area contributed by atoms with Crippen molar-refractivity contribution in [3.63, 3.8) is 0 Å². The van der Waals surface area contributed by atoms with E-state index in [2.05, 4.69) is 4.99 Å². The number of benzene rings is 2. The third kappa shape index (κ3) is 4.68. The molecule has 2 aromatic carbocycles. The summed E-state index contributed by atoms with van der Waals surface area (Å²) in [6.45, 7) is -0.490. The molecular formula is C19H13Cl3F3NO2S. The number of hydrogen-bond acceptors (Lipinski definition) is 3. The van der Waals surface area contributed by atoms with E-state index in [0.29, 0.717) is 10.5 Å². The van der Waals surface area contributed by atoms with Crippen molar-refractivity contribution >= 4 is 58.2 Å². The zero-order valence-corrected chi connectivity index (χ0v) is 17.6. The molecular weight excluding hydrogens is 470 g/mol. The SMILES string of the molecule is O=C(O)CSc1ccc(C2=NCC(c3cc(Cl)cc(Cl)c3)(C(F)(F)F)C2)cc1Cl. The second-order valence-electron chi connectivity index (χ2n) is 6.51. The summed E-state index contributed by atoms with van der Waals surface area (Å²) in [6.07, 6.45) is -4.96. The van der Waals surface area contributed by atoms with Gasteiger partial charge in [0.05, 0.1) is 17.3 Å². The van der Waals surface area contributed by atoms with Crippen molar-refractivity contribution in [2.45, 2.75) is 22.9 Å². The normalized spacial score (nSPS) is 19.3. The maximum absolute atomic E-state index is 14.1. The molecule has 10 heteroatoms. The number of halogens is 6. The van der Waals surface area contributed by atoms with E-state index in [9.17, 15) is 18.0 Å². The molecule has 154 valence electrons. The number of thioether (sulfide) groups is 1. The van der Waals surface area contributed by atoms with E-state index in [1.807, 2.05) is 0 Å². The quantitative estimate of drug-likeness (QED) is 0.494. The number of aliphatic imine (C=N–C) groups is 1. The number of carbonyl (C=O) groups is 1. The predicted octanol–water partition coefficient (Wildman–Crippen LogP) is 6.52. The van der Waals surface area contributed by atoms with Crippen molar-refractivity contribution in [1.82, 2.24) is 0 Å². The maximum Gasteiger partial charge on any atom is 0.400 e. The molecule has 1 N–H and O–H groups in total. The molecule has 0 radical (unpaired) electrons. The van der Waals surface area contributed by atoms with E-state index in [4.69, 9.17) is 39.9 Å². The first kappa shape index (κ1) is 22.3. The van der Waals surface area contributed by atoms with Gasteiger partial charge in [0.15, 0.2) is 0 Å². The lowest BCUT2D eigenvalue weighted by molar-refractivity contribution is -0.183. The molecule has 1 aliphatic rings. The Morgan fingerprint density at radius 3 is 2.34 bits per heavy atom. The third-order valence-corrected chi connectivity index (χ3v) is 6.50. The van der Waals surface area contributed by atoms with Crippen LogP contribution in [-0.4, -0.2) is 35.3 Å². The fraction of sp³-hybridized carbons (Fsp3) is 0.263. The Morgan fingerprint density at radius 1 is 1.14 bits per heavy atom. The zero-order chi connectivity index (χ0) is 21.4. The molecule has 0 saturated carbocycles. The Balaban J connectivity index is 1.93. The third-order valence-electron chi connectivity index (χ3n) is 4.58. The maximum atomic E-state index is 14.1. The van der Waals surface area contributed by atoms with Crippen LogP contribution >= 0.6 is 46.6 Å². The number of carboxylic acid groups (broad SMARTS) is 1. The van der Waals surface area contributed by atoms with Crippen LogP contribution in [0.5, 0.6) is 0 Å². The highest BCUT2D eigenvalue weighted by molar-refractivity contribution is 8.00. The van der Waals surface area contributed by atoms with E-state index in [-0.39, 0.29) is 38.5 Å². The first-order valence-corrected chi connectivity index (χ1v) is 10.3. The average molecular weight is 483 g/mol. The molecule has 2 aromatic rings. The Morgan fingerprint density at radius 2 is 1.79 bits per heavy atom. The van der Waals surface area contributed by atoms with Crippen LogP contribution in [0.3, 0.4) is 0 Å². The molecule has 0 saturated heterocycles. The van der Waals surface area contributed by atoms with Gasteiger partial charge in [0.25, 0.3) is 0 Å². The van der Waals surface area contributed by atoms with Crippen molar-refractivity contribution in [1.29, 1.82) is 0 Å². The van der Waals surface area contributed by atoms with Crippen molar-refractivity contribution in [2.75, 3.05) is 12.3 Å². The average Bonchev–Trinajstić information content (AvgIpc) is 3.06. The van der Waals surface area contributed by atoms with Crippen LogP contribution in [-0.2, 0) is 10.2 Å². The minimum atomic E-state index is -4.58. The van der Waals surface area contributed by atoms with Crippen LogP contribution in [0.15, 0.2) is 46.3 Å². The Bertz CT molecular complexity index is 977. The molecule has 1 aliphatic heterocycles. The summed E-state index contributed by atoms with van der Waals surface area (Å²) < 4.78 is 42.4. The van der Waals surface area contributed by atoms with E-state index in [1.165, 1.54) is 24.3 Å². The van der Waals surface area contributed by atoms with Gasteiger partial charge in [-0.15, -0.1) is 11.8 Å². The lowest BCUT2D eigenvalue weighted by atomic mass is 9.76. The second-order valence-corrected chi connectivity index (χ2v) is 8.80. The smallest absolute Gasteiger partial charge is 0.400 e. The summed E-state index contributed by atoms with van der Waals surface area (Å²) in [5.41, 5.74) is -1.56. The minimum Gasteiger partial charge on any atom is -0.481 e. The van der Waals surface area contributed by atoms with Crippen LogP contribution in [0.4, 0.5) is 13.2 Å². The molecule has 1 unspecified atom stereocenters. The molecule has 0 aromatic heterocycles. The number of hydrogen-bond donors (Lipinski definition) is 1. The molecule has 0 aliphatic carbocycles. The summed E-state index contributed by atoms with van der Waals surface area (Å²) in [7, 11) is 0. The van der Waals surface area contributed by atoms with Crippen molar-refractivity contribution in [2.24, 2.45) is 4.99 Å². The molecule has 1 atom stereocenters. The fourth-order valence-corrected chi connectivity index (χ4v) is 4.65. The van der Waals surface area contributed by atoms with Gasteiger partial charge in [-0.05, 0) is 41.5 Å². The van der Waals surface area contributed by atoms with Crippen molar-refractivity contribution in [3.8, 4) is 0 Å². The molecule has 3 rings (SSSR count). The standard InChI is InChI=1S/C19H13Cl3F3NO2S/c20-12-4-11(5-13(21)6-12)18(19(23,24)25)7-15(26-9-18)10-1-2-16(14(22)3-10)29-8-17(27)28/h1-6H,7-9H2,(H,27,28). The molecule has 3 nitrogen and oxygen atoms in total. The molecule has 29 heavy (non-hydrogen) atoms. The lowest BCUT2D eigenvalue weighted by Crippen LogP contribution is -2.43. The monoisotopic (exact) mass is 481 g/mol. The number of aliphatic carboxylic acids is 1. The van der Waals surface area contributed by atoms with E-state index in [0.717, 1.165) is 11.8 Å². The largest absolute Gasteiger partial charge is 0.481 e. The molecule has 0 spiro atoms. The first-order chi connectivity index (χ1) is 13.5. The highest BCUT2D eigenvalue weighted by atomic mass is 35.5. The first-order valence-electron chi connectivity index (χ1n) is 8.23. The second kappa shape index (κ2) is 8.38. The van der Waals surface area contributed by atoms with Gasteiger partial charge in [-0.2, -0.15) is 13.2 Å². The number of alkyl halides is 3. The van der Waals surface area contributed by atoms with Gasteiger partial charge in [0.1, 0.15) is 5.41 Å². The summed E-state index contributed by atoms with van der Waals surface area (Å²) in [4.78, 5) is 15.4. The number of carboxylic acids is 1. The van der Waals surface area contributed by atoms with Crippen LogP contribution in [0.1, 0.15) is 17.5 Å². The van der Waals surface area contributed by atoms with Crippen LogP contribution < -0.4 is 0 Å². The molecule has 1 heterocycles. The highest BCUT2D eigenvalue weighted by Gasteiger charge is 2.58. The highest BCUT2D eigenvalue weighted by Crippen LogP contribution is 2.49. The van der Waals surface area contributed by atoms with Gasteiger partial charge < -0.3 is 5.11 Å². The van der Waals surface area contributed by atoms with Crippen LogP contribution in [0, 0.1) is 0 Å². The predicted molar refractivity (Wildman–Crippen MR) is 110 cm³/mol. The minimum absolute atomic E-state index is 0.0408. The van der Waals surface area contributed by atoms with Gasteiger partial charge in [0.2, 0.25) is 0 Å². The Kier molecular flexibility index (Phi) is 6.44. The Hall–Kier alpha value is -1.41. The summed E-state index contributed by atoms with van der Waals surface area (Å²) in [6, 6.07) is 8.57. The van der Waals surface area contributed by atoms with Crippen molar-refractivity contribution in [3.05, 3.63) is 62.6 Å². The van der Waals surface area contributed by atoms with Gasteiger partial charge in [-0.1, -0.05) is 40.9 Å². The van der Waals surface area contributed by atoms with E-state index < -0.39 is 24.1 Å². The van der Waals surface area contributed by atoms with E-state index >= 15 is 0 Å². The molecule has 0 fully saturated rings. The topological polar surface area (TPSA) is 49.7 Å². The summed E-state index contributed by atoms with van der Waals surface area (Å²) in [5, 5.41) is 9.26. The summed E-state index contributed by atoms with van der Waals surface area (Å²) in [5.74, 6) is -1.17. The fourth-order valence-electron chi connectivity index (χ4n) is 3.14. The lowest BCUT2D eigenvalue weighted by Gasteiger charge is -2.31. The van der Waals surface area contributed by atoms with E-state index in [1.54, 1.807) is 12.1 Å². The van der Waals surface area contributed by atoms with Crippen LogP contribution in [0.2, 0.25) is 15.1 Å². The van der Waals surface area contributed by atoms with Crippen LogP contribution in [0.25, 0.3) is 0 Å². The molecule has 0 amide bonds. The van der Waals surface area contributed by atoms with Crippen molar-refractivity contribution < 1.29 is 23.1 Å². The molecule has 0 bridgehead atoms. The van der Waals surface area contributed by atoms with Gasteiger partial charge >= 0.3 is 12.1 Å². The zero-order valence-electron chi connectivity index (χ0n) is 14.6. The van der Waals surface area contributed by atoms with Gasteiger partial charge in [-0.3, -0.25) is 9.79 Å². The Labute approximate surface area is 183 Å².